The van der Waals surface area contributed by atoms with E-state index in [-0.39, 0.29) is 17.6 Å². The van der Waals surface area contributed by atoms with Gasteiger partial charge < -0.3 is 14.0 Å². The molecule has 5 rings (SSSR count). The summed E-state index contributed by atoms with van der Waals surface area (Å²) in [6, 6.07) is 16.4. The molecule has 0 amide bonds. The number of nitrogens with zero attached hydrogens (tertiary/aromatic N) is 6. The molecule has 1 unspecified atom stereocenters. The van der Waals surface area contributed by atoms with Gasteiger partial charge in [-0.1, -0.05) is 58.9 Å². The van der Waals surface area contributed by atoms with Crippen molar-refractivity contribution in [2.45, 2.75) is 24.0 Å². The van der Waals surface area contributed by atoms with Gasteiger partial charge in [0.25, 0.3) is 10.0 Å². The van der Waals surface area contributed by atoms with Gasteiger partial charge in [-0.25, -0.2) is 18.4 Å². The highest BCUT2D eigenvalue weighted by Crippen LogP contribution is 2.35. The Labute approximate surface area is 226 Å². The van der Waals surface area contributed by atoms with Crippen LogP contribution in [-0.4, -0.2) is 51.0 Å². The summed E-state index contributed by atoms with van der Waals surface area (Å²) in [6.45, 7) is 5.23. The Morgan fingerprint density at radius 3 is 2.57 bits per heavy atom. The third-order valence-corrected chi connectivity index (χ3v) is 8.71. The number of sulfonamides is 1. The van der Waals surface area contributed by atoms with Crippen LogP contribution in [-0.2, 0) is 37.1 Å². The fraction of sp³-hybridized carbons (Fsp3) is 0.259. The van der Waals surface area contributed by atoms with Crippen molar-refractivity contribution < 1.29 is 8.42 Å². The number of fused-ring (bicyclic) bond motifs is 1. The fourth-order valence-corrected chi connectivity index (χ4v) is 6.85. The van der Waals surface area contributed by atoms with Crippen LogP contribution in [0.4, 0.5) is 5.69 Å². The zero-order valence-corrected chi connectivity index (χ0v) is 23.2. The van der Waals surface area contributed by atoms with Crippen LogP contribution in [0.25, 0.3) is 11.1 Å². The van der Waals surface area contributed by atoms with E-state index in [9.17, 15) is 8.42 Å². The second-order valence-electron chi connectivity index (χ2n) is 9.39. The summed E-state index contributed by atoms with van der Waals surface area (Å²) in [5.74, 6) is 0. The first kappa shape index (κ1) is 25.4. The topological polar surface area (TPSA) is 76.3 Å². The molecular weight excluding hydrogens is 552 g/mol. The molecule has 1 aliphatic rings. The summed E-state index contributed by atoms with van der Waals surface area (Å²) in [7, 11) is -0.138. The minimum Gasteiger partial charge on any atom is -0.364 e. The number of rotatable bonds is 8. The highest BCUT2D eigenvalue weighted by molar-refractivity contribution is 9.11. The summed E-state index contributed by atoms with van der Waals surface area (Å²) in [4.78, 5) is 10.7. The van der Waals surface area contributed by atoms with Crippen molar-refractivity contribution in [3.63, 3.8) is 0 Å². The van der Waals surface area contributed by atoms with E-state index in [0.717, 1.165) is 28.1 Å². The standard InChI is InChI=1S/C27H29BrN6O2S/c1-20(28)14-34(37(35,36)27-17-31(2)19-30-27)24-12-23-11-22(21-7-5-4-6-8-21)9-10-26(23)33(15-24)16-25-13-29-18-32(25)3/h4-11,13,17-19,24H,1,12,14-16H2,2-3H3. The Morgan fingerprint density at radius 1 is 1.14 bits per heavy atom. The Morgan fingerprint density at radius 2 is 1.92 bits per heavy atom. The zero-order valence-electron chi connectivity index (χ0n) is 20.8. The quantitative estimate of drug-likeness (QED) is 0.309. The van der Waals surface area contributed by atoms with Crippen LogP contribution in [0, 0.1) is 0 Å². The van der Waals surface area contributed by atoms with E-state index in [1.54, 1.807) is 17.9 Å². The fourth-order valence-electron chi connectivity index (χ4n) is 4.84. The van der Waals surface area contributed by atoms with Crippen molar-refractivity contribution in [2.75, 3.05) is 18.0 Å². The molecule has 10 heteroatoms. The number of aryl methyl sites for hydroxylation is 2. The summed E-state index contributed by atoms with van der Waals surface area (Å²) in [5.41, 5.74) is 5.47. The minimum atomic E-state index is -3.87. The van der Waals surface area contributed by atoms with Crippen molar-refractivity contribution in [1.82, 2.24) is 23.4 Å². The maximum Gasteiger partial charge on any atom is 0.262 e. The number of anilines is 1. The molecular formula is C27H29BrN6O2S. The molecule has 2 aromatic carbocycles. The summed E-state index contributed by atoms with van der Waals surface area (Å²) in [5, 5.41) is 0.0331. The Bertz CT molecular complexity index is 1530. The van der Waals surface area contributed by atoms with Gasteiger partial charge in [0.15, 0.2) is 5.03 Å². The van der Waals surface area contributed by atoms with Crippen molar-refractivity contribution in [3.8, 4) is 11.1 Å². The van der Waals surface area contributed by atoms with Crippen molar-refractivity contribution in [3.05, 3.63) is 95.9 Å². The number of hydrogen-bond acceptors (Lipinski definition) is 5. The van der Waals surface area contributed by atoms with Gasteiger partial charge in [0.05, 0.1) is 24.9 Å². The molecule has 192 valence electrons. The van der Waals surface area contributed by atoms with E-state index in [1.807, 2.05) is 36.0 Å². The molecule has 0 aliphatic carbocycles. The van der Waals surface area contributed by atoms with Gasteiger partial charge in [-0.05, 0) is 35.2 Å². The third-order valence-electron chi connectivity index (χ3n) is 6.67. The van der Waals surface area contributed by atoms with Gasteiger partial charge in [-0.2, -0.15) is 4.31 Å². The number of hydrogen-bond donors (Lipinski definition) is 0. The molecule has 1 atom stereocenters. The summed E-state index contributed by atoms with van der Waals surface area (Å²) >= 11 is 3.41. The third kappa shape index (κ3) is 5.27. The molecule has 0 bridgehead atoms. The maximum absolute atomic E-state index is 13.8. The molecule has 4 aromatic rings. The molecule has 3 heterocycles. The highest BCUT2D eigenvalue weighted by atomic mass is 79.9. The molecule has 0 saturated heterocycles. The first-order valence-electron chi connectivity index (χ1n) is 11.9. The van der Waals surface area contributed by atoms with Crippen molar-refractivity contribution in [2.24, 2.45) is 14.1 Å². The normalized spacial score (nSPS) is 15.7. The predicted molar refractivity (Wildman–Crippen MR) is 149 cm³/mol. The van der Waals surface area contributed by atoms with E-state index in [4.69, 9.17) is 0 Å². The molecule has 8 nitrogen and oxygen atoms in total. The number of imidazole rings is 2. The lowest BCUT2D eigenvalue weighted by molar-refractivity contribution is 0.329. The van der Waals surface area contributed by atoms with Crippen LogP contribution < -0.4 is 4.90 Å². The first-order chi connectivity index (χ1) is 17.7. The zero-order chi connectivity index (χ0) is 26.2. The highest BCUT2D eigenvalue weighted by Gasteiger charge is 2.37. The van der Waals surface area contributed by atoms with E-state index < -0.39 is 10.0 Å². The Kier molecular flexibility index (Phi) is 7.06. The van der Waals surface area contributed by atoms with Crippen molar-refractivity contribution in [1.29, 1.82) is 0 Å². The summed E-state index contributed by atoms with van der Waals surface area (Å²) in [6.07, 6.45) is 7.25. The van der Waals surface area contributed by atoms with Crippen LogP contribution in [0.1, 0.15) is 11.3 Å². The Hall–Kier alpha value is -3.21. The van der Waals surface area contributed by atoms with Gasteiger partial charge in [-0.3, -0.25) is 0 Å². The lowest BCUT2D eigenvalue weighted by Crippen LogP contribution is -2.51. The smallest absolute Gasteiger partial charge is 0.262 e. The number of halogens is 1. The second kappa shape index (κ2) is 10.3. The number of benzene rings is 2. The van der Waals surface area contributed by atoms with E-state index in [1.165, 1.54) is 16.8 Å². The van der Waals surface area contributed by atoms with Crippen LogP contribution >= 0.6 is 15.9 Å². The van der Waals surface area contributed by atoms with E-state index in [0.29, 0.717) is 24.0 Å². The average Bonchev–Trinajstić information content (AvgIpc) is 3.50. The number of aromatic nitrogens is 4. The molecule has 0 N–H and O–H groups in total. The van der Waals surface area contributed by atoms with Crippen LogP contribution in [0.15, 0.2) is 89.7 Å². The molecule has 0 fully saturated rings. The van der Waals surface area contributed by atoms with Crippen molar-refractivity contribution >= 4 is 31.6 Å². The average molecular weight is 582 g/mol. The lowest BCUT2D eigenvalue weighted by atomic mass is 9.93. The molecule has 0 saturated carbocycles. The van der Waals surface area contributed by atoms with E-state index in [2.05, 4.69) is 67.7 Å². The minimum absolute atomic E-state index is 0.0331. The van der Waals surface area contributed by atoms with E-state index >= 15 is 0 Å². The van der Waals surface area contributed by atoms with Gasteiger partial charge in [0, 0.05) is 55.8 Å². The van der Waals surface area contributed by atoms with Crippen LogP contribution in [0.5, 0.6) is 0 Å². The van der Waals surface area contributed by atoms with Gasteiger partial charge in [-0.15, -0.1) is 0 Å². The maximum atomic E-state index is 13.8. The molecule has 0 spiro atoms. The SMILES string of the molecule is C=C(Br)CN(C1Cc2cc(-c3ccccc3)ccc2N(Cc2cncn2C)C1)S(=O)(=O)c1cn(C)cn1. The largest absolute Gasteiger partial charge is 0.364 e. The van der Waals surface area contributed by atoms with Gasteiger partial charge in [0.2, 0.25) is 0 Å². The van der Waals surface area contributed by atoms with Crippen LogP contribution in [0.2, 0.25) is 0 Å². The summed E-state index contributed by atoms with van der Waals surface area (Å²) < 4.78 is 33.4. The predicted octanol–water partition coefficient (Wildman–Crippen LogP) is 4.35. The molecule has 37 heavy (non-hydrogen) atoms. The second-order valence-corrected chi connectivity index (χ2v) is 12.3. The first-order valence-corrected chi connectivity index (χ1v) is 14.2. The monoisotopic (exact) mass is 580 g/mol. The molecule has 1 aliphatic heterocycles. The van der Waals surface area contributed by atoms with Gasteiger partial charge in [0.1, 0.15) is 0 Å². The lowest BCUT2D eigenvalue weighted by Gasteiger charge is -2.40. The van der Waals surface area contributed by atoms with Gasteiger partial charge >= 0.3 is 0 Å². The molecule has 2 aromatic heterocycles. The Balaban J connectivity index is 1.58. The molecule has 0 radical (unpaired) electrons. The van der Waals surface area contributed by atoms with Crippen LogP contribution in [0.3, 0.4) is 0 Å².